The first-order valence-corrected chi connectivity index (χ1v) is 6.70. The zero-order chi connectivity index (χ0) is 12.2. The molecule has 1 aliphatic rings. The Morgan fingerprint density at radius 3 is 2.81 bits per heavy atom. The van der Waals surface area contributed by atoms with E-state index in [0.29, 0.717) is 19.7 Å². The van der Waals surface area contributed by atoms with Crippen LogP contribution in [0.4, 0.5) is 4.79 Å². The molecule has 0 aromatic heterocycles. The zero-order valence-electron chi connectivity index (χ0n) is 10.2. The molecule has 1 fully saturated rings. The van der Waals surface area contributed by atoms with E-state index in [2.05, 4.69) is 15.9 Å². The van der Waals surface area contributed by atoms with Crippen LogP contribution in [-0.2, 0) is 9.47 Å². The van der Waals surface area contributed by atoms with E-state index in [1.54, 1.807) is 4.90 Å². The zero-order valence-corrected chi connectivity index (χ0v) is 11.7. The van der Waals surface area contributed by atoms with Crippen molar-refractivity contribution >= 4 is 22.0 Å². The van der Waals surface area contributed by atoms with Crippen molar-refractivity contribution in [3.8, 4) is 0 Å². The minimum atomic E-state index is -0.436. The van der Waals surface area contributed by atoms with Crippen molar-refractivity contribution in [2.24, 2.45) is 0 Å². The first kappa shape index (κ1) is 13.8. The Kier molecular flexibility index (Phi) is 5.05. The van der Waals surface area contributed by atoms with Crippen molar-refractivity contribution < 1.29 is 14.3 Å². The molecule has 0 saturated carbocycles. The number of carbonyl (C=O) groups is 1. The molecule has 1 amide bonds. The van der Waals surface area contributed by atoms with Gasteiger partial charge in [-0.2, -0.15) is 0 Å². The molecule has 1 atom stereocenters. The molecule has 16 heavy (non-hydrogen) atoms. The molecule has 0 bridgehead atoms. The van der Waals surface area contributed by atoms with Crippen molar-refractivity contribution in [2.75, 3.05) is 25.0 Å². The van der Waals surface area contributed by atoms with E-state index in [-0.39, 0.29) is 12.2 Å². The van der Waals surface area contributed by atoms with E-state index < -0.39 is 5.60 Å². The quantitative estimate of drug-likeness (QED) is 0.697. The van der Waals surface area contributed by atoms with E-state index in [1.807, 2.05) is 20.8 Å². The summed E-state index contributed by atoms with van der Waals surface area (Å²) in [5, 5.41) is 0.742. The molecule has 0 radical (unpaired) electrons. The monoisotopic (exact) mass is 293 g/mol. The van der Waals surface area contributed by atoms with Crippen LogP contribution in [0, 0.1) is 0 Å². The number of carbonyl (C=O) groups excluding carboxylic acids is 1. The predicted octanol–water partition coefficient (Wildman–Crippen LogP) is 2.41. The fourth-order valence-corrected chi connectivity index (χ4v) is 1.87. The summed E-state index contributed by atoms with van der Waals surface area (Å²) < 4.78 is 10.9. The highest BCUT2D eigenvalue weighted by Gasteiger charge is 2.26. The van der Waals surface area contributed by atoms with Gasteiger partial charge in [-0.3, -0.25) is 0 Å². The van der Waals surface area contributed by atoms with Crippen LogP contribution in [0.15, 0.2) is 0 Å². The maximum atomic E-state index is 11.9. The first-order chi connectivity index (χ1) is 7.42. The number of rotatable bonds is 1. The second kappa shape index (κ2) is 5.87. The Bertz CT molecular complexity index is 240. The van der Waals surface area contributed by atoms with Crippen molar-refractivity contribution in [3.05, 3.63) is 0 Å². The number of hydrogen-bond donors (Lipinski definition) is 0. The summed E-state index contributed by atoms with van der Waals surface area (Å²) in [6, 6.07) is 0. The number of halogens is 1. The molecule has 1 saturated heterocycles. The Labute approximate surface area is 105 Å². The Hall–Kier alpha value is -0.290. The van der Waals surface area contributed by atoms with Gasteiger partial charge in [0.2, 0.25) is 0 Å². The molecule has 0 aliphatic carbocycles. The lowest BCUT2D eigenvalue weighted by Crippen LogP contribution is -2.40. The normalized spacial score (nSPS) is 22.8. The lowest BCUT2D eigenvalue weighted by molar-refractivity contribution is 0.0179. The van der Waals surface area contributed by atoms with Crippen LogP contribution < -0.4 is 0 Å². The van der Waals surface area contributed by atoms with Gasteiger partial charge in [0.15, 0.2) is 0 Å². The smallest absolute Gasteiger partial charge is 0.410 e. The van der Waals surface area contributed by atoms with Crippen LogP contribution >= 0.6 is 15.9 Å². The molecule has 5 heteroatoms. The number of amides is 1. The highest BCUT2D eigenvalue weighted by Crippen LogP contribution is 2.13. The molecular formula is C11H20BrNO3. The number of hydrogen-bond acceptors (Lipinski definition) is 3. The van der Waals surface area contributed by atoms with Gasteiger partial charge in [-0.05, 0) is 27.2 Å². The minimum Gasteiger partial charge on any atom is -0.444 e. The summed E-state index contributed by atoms with van der Waals surface area (Å²) in [5.74, 6) is 0. The van der Waals surface area contributed by atoms with Gasteiger partial charge < -0.3 is 14.4 Å². The number of nitrogens with zero attached hydrogens (tertiary/aromatic N) is 1. The van der Waals surface area contributed by atoms with E-state index in [1.165, 1.54) is 0 Å². The molecule has 0 aromatic rings. The molecule has 1 rings (SSSR count). The van der Waals surface area contributed by atoms with Crippen LogP contribution in [-0.4, -0.2) is 47.7 Å². The molecule has 4 nitrogen and oxygen atoms in total. The summed E-state index contributed by atoms with van der Waals surface area (Å²) >= 11 is 3.38. The average Bonchev–Trinajstić information content (AvgIpc) is 2.39. The summed E-state index contributed by atoms with van der Waals surface area (Å²) in [6.45, 7) is 7.64. The van der Waals surface area contributed by atoms with Gasteiger partial charge >= 0.3 is 6.09 Å². The molecule has 1 unspecified atom stereocenters. The lowest BCUT2D eigenvalue weighted by Gasteiger charge is -2.27. The summed E-state index contributed by atoms with van der Waals surface area (Å²) in [4.78, 5) is 13.6. The van der Waals surface area contributed by atoms with Gasteiger partial charge in [-0.25, -0.2) is 4.79 Å². The van der Waals surface area contributed by atoms with E-state index in [4.69, 9.17) is 9.47 Å². The van der Waals surface area contributed by atoms with Gasteiger partial charge in [0, 0.05) is 18.5 Å². The molecule has 1 aliphatic heterocycles. The van der Waals surface area contributed by atoms with E-state index in [0.717, 1.165) is 11.8 Å². The third-order valence-electron chi connectivity index (χ3n) is 2.17. The molecule has 0 aromatic carbocycles. The van der Waals surface area contributed by atoms with Crippen LogP contribution in [0.25, 0.3) is 0 Å². The van der Waals surface area contributed by atoms with Crippen molar-refractivity contribution in [1.29, 1.82) is 0 Å². The maximum absolute atomic E-state index is 11.9. The maximum Gasteiger partial charge on any atom is 0.410 e. The standard InChI is InChI=1S/C11H20BrNO3/c1-11(2,3)16-10(14)13-5-4-6-15-9(7-12)8-13/h9H,4-8H2,1-3H3. The Morgan fingerprint density at radius 1 is 1.56 bits per heavy atom. The topological polar surface area (TPSA) is 38.8 Å². The van der Waals surface area contributed by atoms with E-state index >= 15 is 0 Å². The second-order valence-corrected chi connectivity index (χ2v) is 5.57. The minimum absolute atomic E-state index is 0.0648. The third-order valence-corrected chi connectivity index (χ3v) is 2.90. The van der Waals surface area contributed by atoms with Gasteiger partial charge in [-0.1, -0.05) is 15.9 Å². The highest BCUT2D eigenvalue weighted by molar-refractivity contribution is 9.09. The van der Waals surface area contributed by atoms with Gasteiger partial charge in [-0.15, -0.1) is 0 Å². The average molecular weight is 294 g/mol. The number of alkyl halides is 1. The largest absolute Gasteiger partial charge is 0.444 e. The Morgan fingerprint density at radius 2 is 2.25 bits per heavy atom. The van der Waals surface area contributed by atoms with Crippen molar-refractivity contribution in [3.63, 3.8) is 0 Å². The molecule has 1 heterocycles. The Balaban J connectivity index is 2.53. The SMILES string of the molecule is CC(C)(C)OC(=O)N1CCCOC(CBr)C1. The van der Waals surface area contributed by atoms with Crippen molar-refractivity contribution in [2.45, 2.75) is 38.9 Å². The van der Waals surface area contributed by atoms with Gasteiger partial charge in [0.05, 0.1) is 12.6 Å². The first-order valence-electron chi connectivity index (χ1n) is 5.58. The third kappa shape index (κ3) is 4.70. The number of ether oxygens (including phenoxy) is 2. The van der Waals surface area contributed by atoms with Crippen LogP contribution in [0.3, 0.4) is 0 Å². The van der Waals surface area contributed by atoms with E-state index in [9.17, 15) is 4.79 Å². The highest BCUT2D eigenvalue weighted by atomic mass is 79.9. The van der Waals surface area contributed by atoms with Crippen LogP contribution in [0.1, 0.15) is 27.2 Å². The fraction of sp³-hybridized carbons (Fsp3) is 0.909. The van der Waals surface area contributed by atoms with Crippen LogP contribution in [0.2, 0.25) is 0 Å². The molecular weight excluding hydrogens is 274 g/mol. The second-order valence-electron chi connectivity index (χ2n) is 4.93. The van der Waals surface area contributed by atoms with Crippen molar-refractivity contribution in [1.82, 2.24) is 4.90 Å². The van der Waals surface area contributed by atoms with Gasteiger partial charge in [0.25, 0.3) is 0 Å². The van der Waals surface area contributed by atoms with Gasteiger partial charge in [0.1, 0.15) is 5.60 Å². The lowest BCUT2D eigenvalue weighted by atomic mass is 10.2. The summed E-state index contributed by atoms with van der Waals surface area (Å²) in [5.41, 5.74) is -0.436. The predicted molar refractivity (Wildman–Crippen MR) is 66.0 cm³/mol. The molecule has 0 spiro atoms. The molecule has 94 valence electrons. The summed E-state index contributed by atoms with van der Waals surface area (Å²) in [6.07, 6.45) is 0.682. The summed E-state index contributed by atoms with van der Waals surface area (Å²) in [7, 11) is 0. The molecule has 0 N–H and O–H groups in total. The fourth-order valence-electron chi connectivity index (χ4n) is 1.48. The van der Waals surface area contributed by atoms with Crippen LogP contribution in [0.5, 0.6) is 0 Å².